The first-order valence-corrected chi connectivity index (χ1v) is 6.96. The molecule has 0 radical (unpaired) electrons. The van der Waals surface area contributed by atoms with Crippen LogP contribution in [0.2, 0.25) is 0 Å². The van der Waals surface area contributed by atoms with Gasteiger partial charge in [-0.2, -0.15) is 0 Å². The monoisotopic (exact) mass is 264 g/mol. The molecule has 4 nitrogen and oxygen atoms in total. The van der Waals surface area contributed by atoms with Gasteiger partial charge in [0.15, 0.2) is 0 Å². The van der Waals surface area contributed by atoms with E-state index in [-0.39, 0.29) is 0 Å². The molecule has 4 heteroatoms. The highest BCUT2D eigenvalue weighted by Gasteiger charge is 2.33. The van der Waals surface area contributed by atoms with Crippen molar-refractivity contribution < 1.29 is 9.84 Å². The van der Waals surface area contributed by atoms with Crippen LogP contribution >= 0.6 is 0 Å². The standard InChI is InChI=1S/C15H24N2O2/c1-12(2)14-6-5-13(9-16-14)17-8-4-7-15(18,10-17)11-19-3/h5-6,9,12,18H,4,7-8,10-11H2,1-3H3/t15-/m1/s1. The van der Waals surface area contributed by atoms with Crippen LogP contribution < -0.4 is 4.90 Å². The smallest absolute Gasteiger partial charge is 0.105 e. The fraction of sp³-hybridized carbons (Fsp3) is 0.667. The zero-order chi connectivity index (χ0) is 13.9. The maximum Gasteiger partial charge on any atom is 0.105 e. The highest BCUT2D eigenvalue weighted by Crippen LogP contribution is 2.26. The SMILES string of the molecule is COC[C@@]1(O)CCCN(c2ccc(C(C)C)nc2)C1. The number of hydrogen-bond acceptors (Lipinski definition) is 4. The summed E-state index contributed by atoms with van der Waals surface area (Å²) in [5.74, 6) is 0.445. The van der Waals surface area contributed by atoms with E-state index < -0.39 is 5.60 Å². The lowest BCUT2D eigenvalue weighted by Gasteiger charge is -2.39. The zero-order valence-corrected chi connectivity index (χ0v) is 12.1. The summed E-state index contributed by atoms with van der Waals surface area (Å²) in [4.78, 5) is 6.69. The topological polar surface area (TPSA) is 45.6 Å². The van der Waals surface area contributed by atoms with Gasteiger partial charge in [-0.3, -0.25) is 4.98 Å². The predicted molar refractivity (Wildman–Crippen MR) is 76.6 cm³/mol. The second-order valence-corrected chi connectivity index (χ2v) is 5.78. The number of β-amino-alcohol motifs (C(OH)–C–C–N with tert-alkyl or cyclic N) is 1. The highest BCUT2D eigenvalue weighted by atomic mass is 16.5. The first-order chi connectivity index (χ1) is 9.04. The molecule has 1 aromatic heterocycles. The van der Waals surface area contributed by atoms with Crippen LogP contribution in [0, 0.1) is 0 Å². The number of pyridine rings is 1. The van der Waals surface area contributed by atoms with Gasteiger partial charge in [0.05, 0.1) is 18.5 Å². The number of aromatic nitrogens is 1. The van der Waals surface area contributed by atoms with Gasteiger partial charge in [0.25, 0.3) is 0 Å². The van der Waals surface area contributed by atoms with Gasteiger partial charge >= 0.3 is 0 Å². The number of aliphatic hydroxyl groups is 1. The Labute approximate surface area is 115 Å². The number of piperidine rings is 1. The molecule has 1 aromatic rings. The Morgan fingerprint density at radius 1 is 1.47 bits per heavy atom. The van der Waals surface area contributed by atoms with E-state index in [4.69, 9.17) is 4.74 Å². The molecule has 0 bridgehead atoms. The number of ether oxygens (including phenoxy) is 1. The summed E-state index contributed by atoms with van der Waals surface area (Å²) in [6.45, 7) is 6.25. The summed E-state index contributed by atoms with van der Waals surface area (Å²) in [5.41, 5.74) is 1.45. The van der Waals surface area contributed by atoms with Gasteiger partial charge in [-0.25, -0.2) is 0 Å². The van der Waals surface area contributed by atoms with Crippen molar-refractivity contribution in [1.82, 2.24) is 4.98 Å². The van der Waals surface area contributed by atoms with E-state index in [0.29, 0.717) is 19.1 Å². The van der Waals surface area contributed by atoms with Crippen LogP contribution in [0.25, 0.3) is 0 Å². The zero-order valence-electron chi connectivity index (χ0n) is 12.1. The second-order valence-electron chi connectivity index (χ2n) is 5.78. The summed E-state index contributed by atoms with van der Waals surface area (Å²) in [6, 6.07) is 4.17. The molecular weight excluding hydrogens is 240 g/mol. The van der Waals surface area contributed by atoms with Crippen molar-refractivity contribution in [2.24, 2.45) is 0 Å². The van der Waals surface area contributed by atoms with Crippen molar-refractivity contribution >= 4 is 5.69 Å². The van der Waals surface area contributed by atoms with Crippen molar-refractivity contribution in [3.05, 3.63) is 24.0 Å². The highest BCUT2D eigenvalue weighted by molar-refractivity contribution is 5.45. The van der Waals surface area contributed by atoms with Crippen LogP contribution in [0.3, 0.4) is 0 Å². The molecule has 1 saturated heterocycles. The molecule has 0 amide bonds. The maximum absolute atomic E-state index is 10.5. The third-order valence-corrected chi connectivity index (χ3v) is 3.70. The fourth-order valence-corrected chi connectivity index (χ4v) is 2.65. The Balaban J connectivity index is 2.08. The Morgan fingerprint density at radius 2 is 2.26 bits per heavy atom. The summed E-state index contributed by atoms with van der Waals surface area (Å²) in [6.07, 6.45) is 3.69. The Hall–Kier alpha value is -1.13. The Kier molecular flexibility index (Phi) is 4.42. The van der Waals surface area contributed by atoms with Crippen molar-refractivity contribution in [1.29, 1.82) is 0 Å². The number of anilines is 1. The molecule has 0 unspecified atom stereocenters. The molecule has 106 valence electrons. The average molecular weight is 264 g/mol. The molecule has 19 heavy (non-hydrogen) atoms. The minimum Gasteiger partial charge on any atom is -0.386 e. The number of rotatable bonds is 4. The lowest BCUT2D eigenvalue weighted by molar-refractivity contribution is -0.0393. The minimum atomic E-state index is -0.732. The van der Waals surface area contributed by atoms with Gasteiger partial charge < -0.3 is 14.7 Å². The van der Waals surface area contributed by atoms with Crippen LogP contribution in [-0.4, -0.2) is 42.5 Å². The number of nitrogens with zero attached hydrogens (tertiary/aromatic N) is 2. The maximum atomic E-state index is 10.5. The lowest BCUT2D eigenvalue weighted by atomic mass is 9.93. The Morgan fingerprint density at radius 3 is 2.84 bits per heavy atom. The molecule has 1 aliphatic rings. The molecule has 0 aromatic carbocycles. The van der Waals surface area contributed by atoms with E-state index in [1.807, 2.05) is 6.20 Å². The molecule has 1 fully saturated rings. The Bertz CT molecular complexity index is 401. The van der Waals surface area contributed by atoms with Crippen LogP contribution in [-0.2, 0) is 4.74 Å². The van der Waals surface area contributed by atoms with Crippen LogP contribution in [0.4, 0.5) is 5.69 Å². The molecule has 1 atom stereocenters. The van der Waals surface area contributed by atoms with Gasteiger partial charge in [-0.15, -0.1) is 0 Å². The van der Waals surface area contributed by atoms with Gasteiger partial charge in [-0.1, -0.05) is 13.8 Å². The van der Waals surface area contributed by atoms with Gasteiger partial charge in [0.1, 0.15) is 5.60 Å². The summed E-state index contributed by atoms with van der Waals surface area (Å²) in [5, 5.41) is 10.5. The van der Waals surface area contributed by atoms with Crippen LogP contribution in [0.1, 0.15) is 38.3 Å². The van der Waals surface area contributed by atoms with E-state index in [1.165, 1.54) is 0 Å². The van der Waals surface area contributed by atoms with Crippen LogP contribution in [0.15, 0.2) is 18.3 Å². The largest absolute Gasteiger partial charge is 0.386 e. The predicted octanol–water partition coefficient (Wildman–Crippen LogP) is 2.18. The van der Waals surface area contributed by atoms with Crippen molar-refractivity contribution in [3.8, 4) is 0 Å². The number of hydrogen-bond donors (Lipinski definition) is 1. The quantitative estimate of drug-likeness (QED) is 0.905. The van der Waals surface area contributed by atoms with E-state index in [1.54, 1.807) is 7.11 Å². The molecule has 2 heterocycles. The van der Waals surface area contributed by atoms with E-state index >= 15 is 0 Å². The van der Waals surface area contributed by atoms with Gasteiger partial charge in [-0.05, 0) is 30.9 Å². The summed E-state index contributed by atoms with van der Waals surface area (Å²) < 4.78 is 5.13. The minimum absolute atomic E-state index is 0.390. The van der Waals surface area contributed by atoms with Crippen molar-refractivity contribution in [2.75, 3.05) is 31.7 Å². The van der Waals surface area contributed by atoms with Crippen molar-refractivity contribution in [3.63, 3.8) is 0 Å². The van der Waals surface area contributed by atoms with E-state index in [9.17, 15) is 5.11 Å². The average Bonchev–Trinajstić information content (AvgIpc) is 2.39. The second kappa shape index (κ2) is 5.88. The first kappa shape index (κ1) is 14.3. The molecular formula is C15H24N2O2. The fourth-order valence-electron chi connectivity index (χ4n) is 2.65. The van der Waals surface area contributed by atoms with Gasteiger partial charge in [0, 0.05) is 25.9 Å². The van der Waals surface area contributed by atoms with Crippen LogP contribution in [0.5, 0.6) is 0 Å². The molecule has 0 aliphatic carbocycles. The van der Waals surface area contributed by atoms with Crippen molar-refractivity contribution in [2.45, 2.75) is 38.2 Å². The van der Waals surface area contributed by atoms with E-state index in [2.05, 4.69) is 35.9 Å². The number of methoxy groups -OCH3 is 1. The molecule has 1 N–H and O–H groups in total. The normalized spacial score (nSPS) is 23.9. The van der Waals surface area contributed by atoms with Gasteiger partial charge in [0.2, 0.25) is 0 Å². The third kappa shape index (κ3) is 3.45. The molecule has 0 saturated carbocycles. The molecule has 0 spiro atoms. The first-order valence-electron chi connectivity index (χ1n) is 6.96. The third-order valence-electron chi connectivity index (χ3n) is 3.70. The van der Waals surface area contributed by atoms with E-state index in [0.717, 1.165) is 30.8 Å². The molecule has 1 aliphatic heterocycles. The lowest BCUT2D eigenvalue weighted by Crippen LogP contribution is -2.51. The molecule has 2 rings (SSSR count). The summed E-state index contributed by atoms with van der Waals surface area (Å²) >= 11 is 0. The summed E-state index contributed by atoms with van der Waals surface area (Å²) in [7, 11) is 1.63.